The van der Waals surface area contributed by atoms with Crippen LogP contribution in [0.3, 0.4) is 0 Å². The Morgan fingerprint density at radius 3 is 1.48 bits per heavy atom. The predicted molar refractivity (Wildman–Crippen MR) is 88.9 cm³/mol. The summed E-state index contributed by atoms with van der Waals surface area (Å²) in [7, 11) is -0.742. The van der Waals surface area contributed by atoms with E-state index < -0.39 is 8.25 Å². The molecule has 0 rings (SSSR count). The number of unbranched alkanes of at least 4 members (excludes halogenated alkanes) is 3. The van der Waals surface area contributed by atoms with Crippen LogP contribution in [0.4, 0.5) is 0 Å². The zero-order chi connectivity index (χ0) is 16.7. The molecule has 0 fully saturated rings. The van der Waals surface area contributed by atoms with Crippen LogP contribution in [0.15, 0.2) is 0 Å². The van der Waals surface area contributed by atoms with E-state index in [0.29, 0.717) is 0 Å². The van der Waals surface area contributed by atoms with Gasteiger partial charge in [0.2, 0.25) is 0 Å². The van der Waals surface area contributed by atoms with Crippen LogP contribution in [0.5, 0.6) is 0 Å². The minimum Gasteiger partial charge on any atom is -0.451 e. The van der Waals surface area contributed by atoms with Crippen LogP contribution in [-0.2, 0) is 13.9 Å². The van der Waals surface area contributed by atoms with Crippen molar-refractivity contribution in [1.29, 1.82) is 0 Å². The van der Waals surface area contributed by atoms with Gasteiger partial charge in [-0.3, -0.25) is 4.79 Å². The lowest BCUT2D eigenvalue weighted by molar-refractivity contribution is -0.146. The Morgan fingerprint density at radius 2 is 1.29 bits per heavy atom. The average Bonchev–Trinajstić information content (AvgIpc) is 2.45. The van der Waals surface area contributed by atoms with Crippen molar-refractivity contribution in [3.05, 3.63) is 0 Å². The van der Waals surface area contributed by atoms with Crippen molar-refractivity contribution < 1.29 is 23.7 Å². The van der Waals surface area contributed by atoms with Crippen molar-refractivity contribution in [1.82, 2.24) is 0 Å². The third kappa shape index (κ3) is 12.2. The first kappa shape index (κ1) is 23.2. The molecule has 21 heavy (non-hydrogen) atoms. The first-order chi connectivity index (χ1) is 9.90. The highest BCUT2D eigenvalue weighted by Crippen LogP contribution is 2.38. The molecule has 0 saturated heterocycles. The molecule has 0 saturated carbocycles. The van der Waals surface area contributed by atoms with Crippen LogP contribution in [0.1, 0.15) is 78.6 Å². The van der Waals surface area contributed by atoms with E-state index in [-0.39, 0.29) is 11.4 Å². The summed E-state index contributed by atoms with van der Waals surface area (Å²) in [5.41, 5.74) is -0.218. The van der Waals surface area contributed by atoms with E-state index in [9.17, 15) is 4.79 Å². The second-order valence-electron chi connectivity index (χ2n) is 5.25. The van der Waals surface area contributed by atoms with Gasteiger partial charge in [0, 0.05) is 4.57 Å². The van der Waals surface area contributed by atoms with Crippen LogP contribution >= 0.6 is 17.7 Å². The summed E-state index contributed by atoms with van der Waals surface area (Å²) >= 11 is 0. The Balaban J connectivity index is 0. The molecule has 0 bridgehead atoms. The molecule has 1 unspecified atom stereocenters. The molecule has 2 N–H and O–H groups in total. The smallest absolute Gasteiger partial charge is 0.451 e. The molecule has 0 heterocycles. The van der Waals surface area contributed by atoms with Gasteiger partial charge >= 0.3 is 14.2 Å². The van der Waals surface area contributed by atoms with Crippen molar-refractivity contribution in [2.24, 2.45) is 5.41 Å². The van der Waals surface area contributed by atoms with E-state index in [1.807, 2.05) is 0 Å². The predicted octanol–water partition coefficient (Wildman–Crippen LogP) is 4.51. The molecule has 0 aliphatic carbocycles. The van der Waals surface area contributed by atoms with Crippen molar-refractivity contribution in [3.63, 3.8) is 0 Å². The van der Waals surface area contributed by atoms with Crippen molar-refractivity contribution in [3.8, 4) is 0 Å². The second kappa shape index (κ2) is 14.8. The minimum atomic E-state index is -2.87. The van der Waals surface area contributed by atoms with E-state index in [2.05, 4.69) is 30.2 Å². The lowest BCUT2D eigenvalue weighted by atomic mass is 9.74. The fraction of sp³-hybridized carbons (Fsp3) is 0.929. The molecule has 0 radical (unpaired) electrons. The summed E-state index contributed by atoms with van der Waals surface area (Å²) in [6.45, 7) is 6.53. The van der Waals surface area contributed by atoms with E-state index >= 15 is 0 Å². The Bertz CT molecular complexity index is 259. The number of hydrogen-bond donors (Lipinski definition) is 2. The summed E-state index contributed by atoms with van der Waals surface area (Å²) in [6, 6.07) is 0. The average molecular weight is 341 g/mol. The van der Waals surface area contributed by atoms with Crippen LogP contribution < -0.4 is 0 Å². The topological polar surface area (TPSA) is 83.8 Å². The van der Waals surface area contributed by atoms with Gasteiger partial charge in [-0.15, -0.1) is 9.79 Å². The normalized spacial score (nSPS) is 10.6. The first-order valence-corrected chi connectivity index (χ1v) is 9.30. The Hall–Kier alpha value is -0.0800. The summed E-state index contributed by atoms with van der Waals surface area (Å²) in [5.74, 6) is -0.0159. The summed E-state index contributed by atoms with van der Waals surface area (Å²) in [6.07, 6.45) is 9.73. The monoisotopic (exact) mass is 341 g/mol. The number of carbonyl (C=O) groups is 1. The zero-order valence-electron chi connectivity index (χ0n) is 13.5. The lowest BCUT2D eigenvalue weighted by Crippen LogP contribution is -2.31. The van der Waals surface area contributed by atoms with Crippen LogP contribution in [-0.4, -0.2) is 15.8 Å². The Kier molecular flexibility index (Phi) is 16.4. The highest BCUT2D eigenvalue weighted by Gasteiger charge is 2.37. The molecule has 1 atom stereocenters. The maximum absolute atomic E-state index is 12.1. The van der Waals surface area contributed by atoms with Gasteiger partial charge in [-0.05, 0) is 19.3 Å². The van der Waals surface area contributed by atoms with Gasteiger partial charge in [-0.2, -0.15) is 0 Å². The van der Waals surface area contributed by atoms with Gasteiger partial charge in [-0.1, -0.05) is 59.3 Å². The molecule has 7 heteroatoms. The summed E-state index contributed by atoms with van der Waals surface area (Å²) < 4.78 is 13.7. The largest absolute Gasteiger partial charge is 0.692 e. The quantitative estimate of drug-likeness (QED) is 0.571. The molecule has 126 valence electrons. The molecule has 5 nitrogen and oxygen atoms in total. The molecule has 0 aromatic heterocycles. The Labute approximate surface area is 132 Å². The van der Waals surface area contributed by atoms with Gasteiger partial charge in [0.25, 0.3) is 0 Å². The van der Waals surface area contributed by atoms with Crippen LogP contribution in [0.25, 0.3) is 0 Å². The van der Waals surface area contributed by atoms with E-state index in [1.165, 1.54) is 0 Å². The molecule has 0 spiro atoms. The van der Waals surface area contributed by atoms with Gasteiger partial charge in [0.1, 0.15) is 0 Å². The third-order valence-electron chi connectivity index (χ3n) is 3.57. The summed E-state index contributed by atoms with van der Waals surface area (Å²) in [4.78, 5) is 26.3. The number of carbonyl (C=O) groups excluding carboxylic acids is 1. The molecule has 0 aliphatic heterocycles. The second-order valence-corrected chi connectivity index (χ2v) is 5.99. The molecule has 0 aromatic carbocycles. The van der Waals surface area contributed by atoms with Crippen molar-refractivity contribution in [2.75, 3.05) is 0 Å². The van der Waals surface area contributed by atoms with Gasteiger partial charge in [0.05, 0.1) is 14.9 Å². The van der Waals surface area contributed by atoms with Crippen LogP contribution in [0, 0.1) is 5.41 Å². The molecule has 0 amide bonds. The maximum Gasteiger partial charge on any atom is 0.692 e. The Morgan fingerprint density at radius 1 is 1.00 bits per heavy atom. The zero-order valence-corrected chi connectivity index (χ0v) is 15.6. The van der Waals surface area contributed by atoms with Crippen molar-refractivity contribution in [2.45, 2.75) is 78.6 Å². The third-order valence-corrected chi connectivity index (χ3v) is 3.78. The van der Waals surface area contributed by atoms with E-state index in [1.54, 1.807) is 0 Å². The first-order valence-electron chi connectivity index (χ1n) is 7.66. The maximum atomic E-state index is 12.1. The fourth-order valence-electron chi connectivity index (χ4n) is 2.35. The standard InChI is InChI=1S/C14H29O2P.HO3P/c1-4-7-10-14(11-8-5-2,12-9-6-3)13(15)16-17;1-4(2)3/h4-12,17H2,1-3H3;(H-,1,2,3)/p+1. The lowest BCUT2D eigenvalue weighted by Gasteiger charge is -2.31. The molecular formula is C14H31O5P2+. The highest BCUT2D eigenvalue weighted by atomic mass is 31.1. The molecular weight excluding hydrogens is 310 g/mol. The number of rotatable bonds is 10. The molecule has 0 aromatic rings. The highest BCUT2D eigenvalue weighted by molar-refractivity contribution is 7.30. The number of hydrogen-bond acceptors (Lipinski definition) is 3. The van der Waals surface area contributed by atoms with Gasteiger partial charge < -0.3 is 4.52 Å². The molecule has 0 aliphatic rings. The van der Waals surface area contributed by atoms with Crippen LogP contribution in [0.2, 0.25) is 0 Å². The minimum absolute atomic E-state index is 0.0159. The van der Waals surface area contributed by atoms with Gasteiger partial charge in [-0.25, -0.2) is 0 Å². The van der Waals surface area contributed by atoms with E-state index in [4.69, 9.17) is 18.9 Å². The van der Waals surface area contributed by atoms with E-state index in [0.717, 1.165) is 57.8 Å². The van der Waals surface area contributed by atoms with Crippen molar-refractivity contribution >= 4 is 23.7 Å². The summed E-state index contributed by atoms with van der Waals surface area (Å²) in [5, 5.41) is 0. The van der Waals surface area contributed by atoms with Gasteiger partial charge in [0.15, 0.2) is 0 Å². The fourth-order valence-corrected chi connectivity index (χ4v) is 2.60. The SMILES string of the molecule is CCCCC(CCCC)(CCCC)C(=O)OP.O=[P+](O)O.